The standard InChI is InChI=1S/C4H3BrF3NO/c5-3-1-2-10-9(3)4(6,7)8/h1H,2H2. The third-order valence-electron chi connectivity index (χ3n) is 0.880. The quantitative estimate of drug-likeness (QED) is 0.576. The van der Waals surface area contributed by atoms with Crippen molar-refractivity contribution in [1.82, 2.24) is 5.06 Å². The van der Waals surface area contributed by atoms with Gasteiger partial charge in [-0.1, -0.05) is 0 Å². The summed E-state index contributed by atoms with van der Waals surface area (Å²) in [4.78, 5) is 4.20. The molecule has 2 nitrogen and oxygen atoms in total. The molecule has 0 radical (unpaired) electrons. The van der Waals surface area contributed by atoms with Gasteiger partial charge in [-0.05, 0) is 22.0 Å². The molecule has 1 aliphatic heterocycles. The van der Waals surface area contributed by atoms with Gasteiger partial charge in [0.05, 0.1) is 6.61 Å². The molecular weight excluding hydrogens is 215 g/mol. The fraction of sp³-hybridized carbons (Fsp3) is 0.500. The summed E-state index contributed by atoms with van der Waals surface area (Å²) in [6, 6.07) is 0. The summed E-state index contributed by atoms with van der Waals surface area (Å²) in [7, 11) is 0. The summed E-state index contributed by atoms with van der Waals surface area (Å²) < 4.78 is 35.1. The molecule has 0 N–H and O–H groups in total. The topological polar surface area (TPSA) is 12.5 Å². The van der Waals surface area contributed by atoms with Crippen LogP contribution in [-0.4, -0.2) is 18.0 Å². The number of rotatable bonds is 0. The summed E-state index contributed by atoms with van der Waals surface area (Å²) in [5.74, 6) is 0. The van der Waals surface area contributed by atoms with E-state index in [1.165, 1.54) is 6.08 Å². The Bertz CT molecular complexity index is 166. The molecule has 0 saturated heterocycles. The van der Waals surface area contributed by atoms with Crippen molar-refractivity contribution in [2.45, 2.75) is 6.30 Å². The number of halogens is 4. The maximum absolute atomic E-state index is 11.7. The highest BCUT2D eigenvalue weighted by atomic mass is 79.9. The SMILES string of the molecule is FC(F)(F)N1OCC=C1Br. The van der Waals surface area contributed by atoms with Crippen molar-refractivity contribution in [3.63, 3.8) is 0 Å². The molecule has 10 heavy (non-hydrogen) atoms. The van der Waals surface area contributed by atoms with Crippen molar-refractivity contribution < 1.29 is 18.0 Å². The molecule has 1 heterocycles. The Morgan fingerprint density at radius 2 is 2.20 bits per heavy atom. The van der Waals surface area contributed by atoms with Crippen LogP contribution in [0.25, 0.3) is 0 Å². The first-order chi connectivity index (χ1) is 4.52. The third-order valence-corrected chi connectivity index (χ3v) is 1.53. The molecule has 0 aromatic heterocycles. The van der Waals surface area contributed by atoms with E-state index in [1.54, 1.807) is 0 Å². The van der Waals surface area contributed by atoms with Gasteiger partial charge in [0.2, 0.25) is 0 Å². The van der Waals surface area contributed by atoms with E-state index in [1.807, 2.05) is 0 Å². The zero-order valence-electron chi connectivity index (χ0n) is 4.65. The molecule has 0 atom stereocenters. The minimum atomic E-state index is -4.45. The smallest absolute Gasteiger partial charge is 0.261 e. The number of hydroxylamine groups is 2. The summed E-state index contributed by atoms with van der Waals surface area (Å²) in [6.45, 7) is -0.0416. The minimum absolute atomic E-state index is 0.0416. The zero-order valence-corrected chi connectivity index (χ0v) is 6.24. The molecule has 1 aliphatic rings. The van der Waals surface area contributed by atoms with Crippen molar-refractivity contribution in [3.8, 4) is 0 Å². The average molecular weight is 218 g/mol. The van der Waals surface area contributed by atoms with Crippen molar-refractivity contribution in [2.75, 3.05) is 6.61 Å². The molecule has 0 fully saturated rings. The predicted octanol–water partition coefficient (Wildman–Crippen LogP) is 1.99. The predicted molar refractivity (Wildman–Crippen MR) is 30.9 cm³/mol. The number of alkyl halides is 3. The van der Waals surface area contributed by atoms with Crippen LogP contribution >= 0.6 is 15.9 Å². The van der Waals surface area contributed by atoms with E-state index in [-0.39, 0.29) is 16.3 Å². The minimum Gasteiger partial charge on any atom is -0.261 e. The van der Waals surface area contributed by atoms with Gasteiger partial charge in [0.1, 0.15) is 4.61 Å². The van der Waals surface area contributed by atoms with Gasteiger partial charge in [-0.25, -0.2) is 0 Å². The van der Waals surface area contributed by atoms with Crippen LogP contribution < -0.4 is 0 Å². The van der Waals surface area contributed by atoms with Crippen LogP contribution in [0.15, 0.2) is 10.7 Å². The lowest BCUT2D eigenvalue weighted by atomic mass is 10.7. The maximum Gasteiger partial charge on any atom is 0.508 e. The molecule has 0 aliphatic carbocycles. The van der Waals surface area contributed by atoms with Crippen LogP contribution in [0.3, 0.4) is 0 Å². The number of hydrogen-bond acceptors (Lipinski definition) is 2. The van der Waals surface area contributed by atoms with Crippen LogP contribution in [-0.2, 0) is 4.84 Å². The van der Waals surface area contributed by atoms with E-state index >= 15 is 0 Å². The maximum atomic E-state index is 11.7. The lowest BCUT2D eigenvalue weighted by Gasteiger charge is -2.19. The van der Waals surface area contributed by atoms with Gasteiger partial charge >= 0.3 is 6.30 Å². The van der Waals surface area contributed by atoms with Crippen molar-refractivity contribution in [1.29, 1.82) is 0 Å². The van der Waals surface area contributed by atoms with Crippen molar-refractivity contribution in [3.05, 3.63) is 10.7 Å². The van der Waals surface area contributed by atoms with Crippen molar-refractivity contribution >= 4 is 15.9 Å². The van der Waals surface area contributed by atoms with Gasteiger partial charge in [0.15, 0.2) is 0 Å². The van der Waals surface area contributed by atoms with Crippen LogP contribution in [0.2, 0.25) is 0 Å². The van der Waals surface area contributed by atoms with Gasteiger partial charge in [0, 0.05) is 0 Å². The summed E-state index contributed by atoms with van der Waals surface area (Å²) >= 11 is 2.68. The third kappa shape index (κ3) is 1.43. The fourth-order valence-electron chi connectivity index (χ4n) is 0.519. The summed E-state index contributed by atoms with van der Waals surface area (Å²) in [6.07, 6.45) is -3.17. The average Bonchev–Trinajstić information content (AvgIpc) is 2.11. The molecule has 0 amide bonds. The molecule has 58 valence electrons. The van der Waals surface area contributed by atoms with Gasteiger partial charge < -0.3 is 0 Å². The van der Waals surface area contributed by atoms with E-state index in [2.05, 4.69) is 20.8 Å². The molecule has 0 bridgehead atoms. The first kappa shape index (κ1) is 7.87. The fourth-order valence-corrected chi connectivity index (χ4v) is 0.955. The molecule has 0 saturated carbocycles. The normalized spacial score (nSPS) is 19.6. The van der Waals surface area contributed by atoms with Crippen LogP contribution in [0.4, 0.5) is 13.2 Å². The van der Waals surface area contributed by atoms with Gasteiger partial charge in [0.25, 0.3) is 0 Å². The van der Waals surface area contributed by atoms with Crippen LogP contribution in [0, 0.1) is 0 Å². The van der Waals surface area contributed by atoms with Crippen molar-refractivity contribution in [2.24, 2.45) is 0 Å². The molecular formula is C4H3BrF3NO. The van der Waals surface area contributed by atoms with Crippen LogP contribution in [0.5, 0.6) is 0 Å². The Balaban J connectivity index is 2.67. The summed E-state index contributed by atoms with van der Waals surface area (Å²) in [5, 5.41) is -0.132. The van der Waals surface area contributed by atoms with E-state index in [4.69, 9.17) is 0 Å². The highest BCUT2D eigenvalue weighted by Gasteiger charge is 2.41. The highest BCUT2D eigenvalue weighted by Crippen LogP contribution is 2.31. The van der Waals surface area contributed by atoms with E-state index < -0.39 is 6.30 Å². The second-order valence-corrected chi connectivity index (χ2v) is 2.40. The molecule has 6 heteroatoms. The number of nitrogens with zero attached hydrogens (tertiary/aromatic N) is 1. The Kier molecular flexibility index (Phi) is 1.91. The molecule has 0 spiro atoms. The largest absolute Gasteiger partial charge is 0.508 e. The molecule has 0 unspecified atom stereocenters. The van der Waals surface area contributed by atoms with Gasteiger partial charge in [-0.15, -0.1) is 13.2 Å². The molecule has 0 aromatic carbocycles. The second kappa shape index (κ2) is 2.43. The zero-order chi connectivity index (χ0) is 7.78. The number of hydrogen-bond donors (Lipinski definition) is 0. The van der Waals surface area contributed by atoms with E-state index in [9.17, 15) is 13.2 Å². The second-order valence-electron chi connectivity index (χ2n) is 1.58. The molecule has 0 aromatic rings. The summed E-state index contributed by atoms with van der Waals surface area (Å²) in [5.41, 5.74) is 0. The Labute approximate surface area is 63.3 Å². The Morgan fingerprint density at radius 3 is 2.40 bits per heavy atom. The van der Waals surface area contributed by atoms with E-state index in [0.717, 1.165) is 0 Å². The Morgan fingerprint density at radius 1 is 1.60 bits per heavy atom. The monoisotopic (exact) mass is 217 g/mol. The van der Waals surface area contributed by atoms with Gasteiger partial charge in [-0.2, -0.15) is 5.06 Å². The lowest BCUT2D eigenvalue weighted by Crippen LogP contribution is -2.32. The Hall–Kier alpha value is -0.230. The molecule has 1 rings (SSSR count). The first-order valence-electron chi connectivity index (χ1n) is 2.37. The lowest BCUT2D eigenvalue weighted by molar-refractivity contribution is -0.339. The highest BCUT2D eigenvalue weighted by molar-refractivity contribution is 9.11. The van der Waals surface area contributed by atoms with E-state index in [0.29, 0.717) is 0 Å². The first-order valence-corrected chi connectivity index (χ1v) is 3.16. The van der Waals surface area contributed by atoms with Crippen LogP contribution in [0.1, 0.15) is 0 Å². The van der Waals surface area contributed by atoms with Gasteiger partial charge in [-0.3, -0.25) is 4.84 Å².